The first-order valence-corrected chi connectivity index (χ1v) is 10.6. The zero-order valence-corrected chi connectivity index (χ0v) is 16.9. The Kier molecular flexibility index (Phi) is 6.85. The van der Waals surface area contributed by atoms with Crippen molar-refractivity contribution in [3.05, 3.63) is 60.2 Å². The van der Waals surface area contributed by atoms with Crippen LogP contribution in [0.2, 0.25) is 0 Å². The third-order valence-corrected chi connectivity index (χ3v) is 5.50. The largest absolute Gasteiger partial charge is 0.481 e. The van der Waals surface area contributed by atoms with E-state index < -0.39 is 16.1 Å². The zero-order valence-electron chi connectivity index (χ0n) is 16.0. The van der Waals surface area contributed by atoms with Crippen LogP contribution in [0.25, 0.3) is 0 Å². The number of sulfonamides is 1. The van der Waals surface area contributed by atoms with Gasteiger partial charge in [0.15, 0.2) is 6.10 Å². The number of carbonyl (C=O) groups excluding carboxylic acids is 1. The summed E-state index contributed by atoms with van der Waals surface area (Å²) in [7, 11) is -1.84. The van der Waals surface area contributed by atoms with Crippen molar-refractivity contribution in [2.24, 2.45) is 0 Å². The Morgan fingerprint density at radius 2 is 1.70 bits per heavy atom. The second kappa shape index (κ2) is 8.90. The smallest absolute Gasteiger partial charge is 0.261 e. The number of anilines is 1. The minimum Gasteiger partial charge on any atom is -0.481 e. The molecule has 0 aliphatic carbocycles. The Labute approximate surface area is 161 Å². The number of rotatable bonds is 8. The van der Waals surface area contributed by atoms with Gasteiger partial charge in [0.2, 0.25) is 10.0 Å². The summed E-state index contributed by atoms with van der Waals surface area (Å²) in [6.07, 6.45) is 1.02. The summed E-state index contributed by atoms with van der Waals surface area (Å²) in [5.41, 5.74) is 1.55. The zero-order chi connectivity index (χ0) is 20.0. The van der Waals surface area contributed by atoms with Gasteiger partial charge in [0.25, 0.3) is 5.91 Å². The van der Waals surface area contributed by atoms with Crippen molar-refractivity contribution in [1.29, 1.82) is 0 Å². The van der Waals surface area contributed by atoms with Crippen LogP contribution in [-0.2, 0) is 14.8 Å². The maximum atomic E-state index is 12.5. The molecule has 0 heterocycles. The quantitative estimate of drug-likeness (QED) is 0.751. The van der Waals surface area contributed by atoms with Crippen LogP contribution in [0.4, 0.5) is 5.69 Å². The summed E-state index contributed by atoms with van der Waals surface area (Å²) in [6, 6.07) is 16.2. The lowest BCUT2D eigenvalue weighted by Gasteiger charge is -2.21. The van der Waals surface area contributed by atoms with Crippen LogP contribution in [-0.4, -0.2) is 33.7 Å². The van der Waals surface area contributed by atoms with Gasteiger partial charge in [-0.15, -0.1) is 0 Å². The van der Waals surface area contributed by atoms with E-state index in [1.165, 1.54) is 11.4 Å². The lowest BCUT2D eigenvalue weighted by atomic mass is 10.1. The molecule has 6 nitrogen and oxygen atoms in total. The molecular weight excluding hydrogens is 364 g/mol. The van der Waals surface area contributed by atoms with Gasteiger partial charge in [0.1, 0.15) is 5.75 Å². The highest BCUT2D eigenvalue weighted by Gasteiger charge is 2.21. The molecule has 0 radical (unpaired) electrons. The van der Waals surface area contributed by atoms with Crippen LogP contribution in [0.3, 0.4) is 0 Å². The summed E-state index contributed by atoms with van der Waals surface area (Å²) in [5.74, 6) is 0.321. The molecule has 0 unspecified atom stereocenters. The maximum Gasteiger partial charge on any atom is 0.261 e. The van der Waals surface area contributed by atoms with Crippen LogP contribution in [0.5, 0.6) is 5.75 Å². The fourth-order valence-corrected chi connectivity index (χ4v) is 3.05. The van der Waals surface area contributed by atoms with Crippen LogP contribution < -0.4 is 14.4 Å². The summed E-state index contributed by atoms with van der Waals surface area (Å²) < 4.78 is 30.2. The molecule has 0 spiro atoms. The first-order valence-electron chi connectivity index (χ1n) is 8.78. The van der Waals surface area contributed by atoms with Crippen molar-refractivity contribution >= 4 is 21.6 Å². The molecule has 0 aliphatic rings. The molecule has 2 atom stereocenters. The van der Waals surface area contributed by atoms with Gasteiger partial charge in [-0.25, -0.2) is 8.42 Å². The maximum absolute atomic E-state index is 12.5. The fourth-order valence-electron chi connectivity index (χ4n) is 2.54. The monoisotopic (exact) mass is 390 g/mol. The molecule has 0 saturated carbocycles. The van der Waals surface area contributed by atoms with E-state index in [2.05, 4.69) is 5.32 Å². The van der Waals surface area contributed by atoms with Gasteiger partial charge in [0, 0.05) is 7.05 Å². The van der Waals surface area contributed by atoms with E-state index in [0.717, 1.165) is 11.8 Å². The highest BCUT2D eigenvalue weighted by atomic mass is 32.2. The second-order valence-electron chi connectivity index (χ2n) is 6.38. The lowest BCUT2D eigenvalue weighted by Crippen LogP contribution is -2.39. The van der Waals surface area contributed by atoms with Crippen molar-refractivity contribution < 1.29 is 17.9 Å². The Balaban J connectivity index is 2.02. The summed E-state index contributed by atoms with van der Waals surface area (Å²) in [5, 5.41) is 2.97. The molecule has 0 bridgehead atoms. The molecule has 7 heteroatoms. The number of nitrogens with one attached hydrogen (secondary N) is 1. The predicted molar refractivity (Wildman–Crippen MR) is 107 cm³/mol. The van der Waals surface area contributed by atoms with Gasteiger partial charge in [-0.05, 0) is 43.2 Å². The minimum atomic E-state index is -3.32. The Hall–Kier alpha value is -2.54. The van der Waals surface area contributed by atoms with Crippen molar-refractivity contribution in [1.82, 2.24) is 5.32 Å². The molecule has 1 amide bonds. The number of nitrogens with zero attached hydrogens (tertiary/aromatic N) is 1. The van der Waals surface area contributed by atoms with E-state index >= 15 is 0 Å². The van der Waals surface area contributed by atoms with Gasteiger partial charge in [-0.3, -0.25) is 9.10 Å². The summed E-state index contributed by atoms with van der Waals surface area (Å²) >= 11 is 0. The van der Waals surface area contributed by atoms with Gasteiger partial charge in [-0.1, -0.05) is 37.3 Å². The van der Waals surface area contributed by atoms with Crippen molar-refractivity contribution in [2.75, 3.05) is 17.6 Å². The Bertz CT molecular complexity index is 851. The average Bonchev–Trinajstić information content (AvgIpc) is 2.65. The van der Waals surface area contributed by atoms with E-state index in [-0.39, 0.29) is 11.9 Å². The predicted octanol–water partition coefficient (Wildman–Crippen LogP) is 3.12. The number of ether oxygens (including phenoxy) is 1. The van der Waals surface area contributed by atoms with Gasteiger partial charge in [-0.2, -0.15) is 0 Å². The van der Waals surface area contributed by atoms with E-state index in [4.69, 9.17) is 4.74 Å². The summed E-state index contributed by atoms with van der Waals surface area (Å²) in [6.45, 7) is 3.80. The van der Waals surface area contributed by atoms with Crippen molar-refractivity contribution in [3.63, 3.8) is 0 Å². The van der Waals surface area contributed by atoms with E-state index in [1.54, 1.807) is 24.3 Å². The number of amides is 1. The molecule has 146 valence electrons. The lowest BCUT2D eigenvalue weighted by molar-refractivity contribution is -0.128. The standard InChI is InChI=1S/C20H26N2O4S/c1-5-19(20(23)21-15(2)16-9-7-6-8-10-16)26-18-13-11-17(12-14-18)22(3)27(4,24)25/h6-15,19H,5H2,1-4H3,(H,21,23)/t15-,19-/m0/s1. The fraction of sp³-hybridized carbons (Fsp3) is 0.350. The first kappa shape index (κ1) is 20.8. The number of benzene rings is 2. The topological polar surface area (TPSA) is 75.7 Å². The highest BCUT2D eigenvalue weighted by Crippen LogP contribution is 2.22. The SMILES string of the molecule is CC[C@H](Oc1ccc(N(C)S(C)(=O)=O)cc1)C(=O)N[C@@H](C)c1ccccc1. The molecule has 0 saturated heterocycles. The molecule has 2 aromatic rings. The molecule has 2 aromatic carbocycles. The minimum absolute atomic E-state index is 0.123. The second-order valence-corrected chi connectivity index (χ2v) is 8.39. The highest BCUT2D eigenvalue weighted by molar-refractivity contribution is 7.92. The average molecular weight is 391 g/mol. The van der Waals surface area contributed by atoms with Crippen LogP contribution >= 0.6 is 0 Å². The molecular formula is C20H26N2O4S. The molecule has 2 rings (SSSR count). The molecule has 0 aliphatic heterocycles. The van der Waals surface area contributed by atoms with Crippen LogP contribution in [0, 0.1) is 0 Å². The van der Waals surface area contributed by atoms with Gasteiger partial charge in [0.05, 0.1) is 18.0 Å². The van der Waals surface area contributed by atoms with Crippen LogP contribution in [0.15, 0.2) is 54.6 Å². The Morgan fingerprint density at radius 1 is 1.11 bits per heavy atom. The molecule has 0 fully saturated rings. The molecule has 27 heavy (non-hydrogen) atoms. The van der Waals surface area contributed by atoms with E-state index in [1.807, 2.05) is 44.2 Å². The van der Waals surface area contributed by atoms with Crippen LogP contribution in [0.1, 0.15) is 31.9 Å². The van der Waals surface area contributed by atoms with Gasteiger partial charge >= 0.3 is 0 Å². The van der Waals surface area contributed by atoms with E-state index in [0.29, 0.717) is 17.9 Å². The van der Waals surface area contributed by atoms with E-state index in [9.17, 15) is 13.2 Å². The molecule has 0 aromatic heterocycles. The number of carbonyl (C=O) groups is 1. The molecule has 1 N–H and O–H groups in total. The van der Waals surface area contributed by atoms with Crippen molar-refractivity contribution in [3.8, 4) is 5.75 Å². The summed E-state index contributed by atoms with van der Waals surface area (Å²) in [4.78, 5) is 12.5. The number of hydrogen-bond donors (Lipinski definition) is 1. The third-order valence-electron chi connectivity index (χ3n) is 4.30. The normalized spacial score (nSPS) is 13.5. The first-order chi connectivity index (χ1) is 12.7. The Morgan fingerprint density at radius 3 is 2.22 bits per heavy atom. The third kappa shape index (κ3) is 5.72. The number of hydrogen-bond acceptors (Lipinski definition) is 4. The van der Waals surface area contributed by atoms with Crippen molar-refractivity contribution in [2.45, 2.75) is 32.4 Å². The van der Waals surface area contributed by atoms with Gasteiger partial charge < -0.3 is 10.1 Å².